The number of nitrogens with one attached hydrogen (secondary N) is 2. The molecule has 6 heteroatoms. The Kier molecular flexibility index (Phi) is 6.49. The van der Waals surface area contributed by atoms with Crippen LogP contribution in [0, 0.1) is 0 Å². The first-order chi connectivity index (χ1) is 14.3. The average molecular weight is 419 g/mol. The van der Waals surface area contributed by atoms with Crippen LogP contribution in [0.25, 0.3) is 0 Å². The first kappa shape index (κ1) is 21.5. The van der Waals surface area contributed by atoms with Gasteiger partial charge in [-0.15, -0.1) is 0 Å². The fourth-order valence-corrected chi connectivity index (χ4v) is 4.35. The molecule has 0 aliphatic heterocycles. The first-order valence-electron chi connectivity index (χ1n) is 9.80. The Morgan fingerprint density at radius 2 is 1.03 bits per heavy atom. The zero-order valence-corrected chi connectivity index (χ0v) is 18.4. The van der Waals surface area contributed by atoms with E-state index < -0.39 is 25.7 Å². The molecule has 0 aliphatic rings. The molecular weight excluding hydrogens is 392 g/mol. The van der Waals surface area contributed by atoms with Crippen molar-refractivity contribution in [2.75, 3.05) is 10.6 Å². The van der Waals surface area contributed by atoms with Crippen molar-refractivity contribution in [1.82, 2.24) is 0 Å². The van der Waals surface area contributed by atoms with Gasteiger partial charge in [0.15, 0.2) is 8.32 Å². The third-order valence-electron chi connectivity index (χ3n) is 4.34. The summed E-state index contributed by atoms with van der Waals surface area (Å²) in [6.45, 7) is 5.86. The number of amides is 2. The van der Waals surface area contributed by atoms with Crippen molar-refractivity contribution in [2.45, 2.75) is 25.2 Å². The smallest absolute Gasteiger partial charge is 0.270 e. The maximum absolute atomic E-state index is 13.7. The minimum atomic E-state index is -2.36. The van der Waals surface area contributed by atoms with Crippen molar-refractivity contribution in [3.05, 3.63) is 96.6 Å². The van der Waals surface area contributed by atoms with Crippen molar-refractivity contribution >= 4 is 31.5 Å². The molecule has 0 unspecified atom stereocenters. The van der Waals surface area contributed by atoms with E-state index >= 15 is 0 Å². The Labute approximate surface area is 178 Å². The molecule has 0 atom stereocenters. The molecule has 2 amide bonds. The van der Waals surface area contributed by atoms with Gasteiger partial charge in [-0.2, -0.15) is 0 Å². The standard InChI is InChI=1S/C24H26N2O3Si/c1-30(2,3)29-24(19-13-7-4-8-14-19,22(27)25-20-15-9-5-10-16-20)23(28)26-21-17-11-6-12-18-21/h4-18H,1-3H3,(H,25,27)(H,26,28). The van der Waals surface area contributed by atoms with Crippen LogP contribution in [0.1, 0.15) is 5.56 Å². The van der Waals surface area contributed by atoms with Gasteiger partial charge in [0.25, 0.3) is 11.8 Å². The summed E-state index contributed by atoms with van der Waals surface area (Å²) in [7, 11) is -2.36. The zero-order valence-electron chi connectivity index (χ0n) is 17.4. The highest BCUT2D eigenvalue weighted by molar-refractivity contribution is 6.70. The van der Waals surface area contributed by atoms with E-state index in [-0.39, 0.29) is 0 Å². The van der Waals surface area contributed by atoms with E-state index in [2.05, 4.69) is 10.6 Å². The Morgan fingerprint density at radius 1 is 0.667 bits per heavy atom. The number of hydrogen-bond donors (Lipinski definition) is 2. The van der Waals surface area contributed by atoms with Gasteiger partial charge in [0.2, 0.25) is 5.60 Å². The van der Waals surface area contributed by atoms with Gasteiger partial charge in [0, 0.05) is 16.9 Å². The summed E-state index contributed by atoms with van der Waals surface area (Å²) in [6.07, 6.45) is 0. The highest BCUT2D eigenvalue weighted by Crippen LogP contribution is 2.33. The lowest BCUT2D eigenvalue weighted by Crippen LogP contribution is -2.56. The van der Waals surface area contributed by atoms with Crippen LogP contribution >= 0.6 is 0 Å². The van der Waals surface area contributed by atoms with E-state index in [1.807, 2.05) is 62.1 Å². The van der Waals surface area contributed by atoms with E-state index in [0.29, 0.717) is 16.9 Å². The van der Waals surface area contributed by atoms with Gasteiger partial charge in [-0.3, -0.25) is 9.59 Å². The Bertz CT molecular complexity index is 934. The number of rotatable bonds is 7. The first-order valence-corrected chi connectivity index (χ1v) is 13.2. The molecule has 0 aliphatic carbocycles. The van der Waals surface area contributed by atoms with E-state index in [1.165, 1.54) is 0 Å². The van der Waals surface area contributed by atoms with Crippen molar-refractivity contribution < 1.29 is 14.0 Å². The van der Waals surface area contributed by atoms with Gasteiger partial charge in [-0.05, 0) is 43.9 Å². The van der Waals surface area contributed by atoms with Crippen LogP contribution in [-0.4, -0.2) is 20.1 Å². The van der Waals surface area contributed by atoms with E-state index in [1.54, 1.807) is 48.5 Å². The quantitative estimate of drug-likeness (QED) is 0.419. The predicted molar refractivity (Wildman–Crippen MR) is 123 cm³/mol. The van der Waals surface area contributed by atoms with Gasteiger partial charge in [-0.1, -0.05) is 66.7 Å². The molecule has 0 heterocycles. The fraction of sp³-hybridized carbons (Fsp3) is 0.167. The molecular formula is C24H26N2O3Si. The lowest BCUT2D eigenvalue weighted by molar-refractivity contribution is -0.146. The van der Waals surface area contributed by atoms with Crippen LogP contribution in [0.2, 0.25) is 19.6 Å². The number of para-hydroxylation sites is 2. The highest BCUT2D eigenvalue weighted by Gasteiger charge is 2.51. The number of benzene rings is 3. The molecule has 5 nitrogen and oxygen atoms in total. The number of carbonyl (C=O) groups excluding carboxylic acids is 2. The fourth-order valence-electron chi connectivity index (χ4n) is 3.13. The Morgan fingerprint density at radius 3 is 1.40 bits per heavy atom. The van der Waals surface area contributed by atoms with Crippen molar-refractivity contribution in [2.24, 2.45) is 0 Å². The second-order valence-electron chi connectivity index (χ2n) is 7.90. The molecule has 3 aromatic carbocycles. The molecule has 154 valence electrons. The largest absolute Gasteiger partial charge is 0.393 e. The van der Waals surface area contributed by atoms with Crippen molar-refractivity contribution in [3.63, 3.8) is 0 Å². The number of hydrogen-bond acceptors (Lipinski definition) is 3. The van der Waals surface area contributed by atoms with Crippen molar-refractivity contribution in [1.29, 1.82) is 0 Å². The molecule has 3 aromatic rings. The van der Waals surface area contributed by atoms with Gasteiger partial charge in [-0.25, -0.2) is 0 Å². The second kappa shape index (κ2) is 9.07. The predicted octanol–water partition coefficient (Wildman–Crippen LogP) is 5.01. The van der Waals surface area contributed by atoms with Crippen LogP contribution < -0.4 is 10.6 Å². The average Bonchev–Trinajstić information content (AvgIpc) is 2.73. The molecule has 0 spiro atoms. The summed E-state index contributed by atoms with van der Waals surface area (Å²) in [4.78, 5) is 27.3. The third kappa shape index (κ3) is 5.03. The molecule has 0 aromatic heterocycles. The summed E-state index contributed by atoms with van der Waals surface area (Å²) in [5.41, 5.74) is -0.171. The van der Waals surface area contributed by atoms with Gasteiger partial charge in [0.05, 0.1) is 0 Å². The normalized spacial score (nSPS) is 11.6. The summed E-state index contributed by atoms with van der Waals surface area (Å²) < 4.78 is 6.39. The van der Waals surface area contributed by atoms with Crippen LogP contribution in [0.5, 0.6) is 0 Å². The lowest BCUT2D eigenvalue weighted by atomic mass is 9.91. The lowest BCUT2D eigenvalue weighted by Gasteiger charge is -2.37. The second-order valence-corrected chi connectivity index (χ2v) is 12.3. The van der Waals surface area contributed by atoms with Crippen molar-refractivity contribution in [3.8, 4) is 0 Å². The molecule has 0 fully saturated rings. The molecule has 30 heavy (non-hydrogen) atoms. The highest BCUT2D eigenvalue weighted by atomic mass is 28.4. The third-order valence-corrected chi connectivity index (χ3v) is 5.26. The maximum Gasteiger partial charge on any atom is 0.270 e. The summed E-state index contributed by atoms with van der Waals surface area (Å²) in [5, 5.41) is 5.74. The van der Waals surface area contributed by atoms with Crippen LogP contribution in [-0.2, 0) is 19.6 Å². The number of anilines is 2. The molecule has 0 saturated heterocycles. The zero-order chi connectivity index (χ0) is 21.6. The number of carbonyl (C=O) groups is 2. The van der Waals surface area contributed by atoms with Crippen LogP contribution in [0.15, 0.2) is 91.0 Å². The minimum Gasteiger partial charge on any atom is -0.393 e. The van der Waals surface area contributed by atoms with Gasteiger partial charge >= 0.3 is 0 Å². The van der Waals surface area contributed by atoms with Gasteiger partial charge < -0.3 is 15.1 Å². The minimum absolute atomic E-state index is 0.481. The summed E-state index contributed by atoms with van der Waals surface area (Å²) in [5.74, 6) is -1.06. The molecule has 0 saturated carbocycles. The summed E-state index contributed by atoms with van der Waals surface area (Å²) >= 11 is 0. The van der Waals surface area contributed by atoms with Crippen LogP contribution in [0.4, 0.5) is 11.4 Å². The molecule has 2 N–H and O–H groups in total. The molecule has 3 rings (SSSR count). The topological polar surface area (TPSA) is 67.4 Å². The van der Waals surface area contributed by atoms with E-state index in [0.717, 1.165) is 0 Å². The Hall–Kier alpha value is -3.22. The van der Waals surface area contributed by atoms with Gasteiger partial charge in [0.1, 0.15) is 0 Å². The maximum atomic E-state index is 13.7. The molecule has 0 radical (unpaired) electrons. The SMILES string of the molecule is C[Si](C)(C)OC(C(=O)Nc1ccccc1)(C(=O)Nc1ccccc1)c1ccccc1. The van der Waals surface area contributed by atoms with Crippen LogP contribution in [0.3, 0.4) is 0 Å². The summed E-state index contributed by atoms with van der Waals surface area (Å²) in [6, 6.07) is 27.0. The van der Waals surface area contributed by atoms with E-state index in [9.17, 15) is 9.59 Å². The van der Waals surface area contributed by atoms with E-state index in [4.69, 9.17) is 4.43 Å². The monoisotopic (exact) mass is 418 g/mol. The Balaban J connectivity index is 2.10. The molecule has 0 bridgehead atoms.